The molecule has 1 unspecified atom stereocenters. The quantitative estimate of drug-likeness (QED) is 0.784. The Bertz CT molecular complexity index is 568. The Morgan fingerprint density at radius 2 is 1.95 bits per heavy atom. The summed E-state index contributed by atoms with van der Waals surface area (Å²) in [6, 6.07) is 10.2. The first kappa shape index (κ1) is 14.9. The minimum Gasteiger partial charge on any atom is -0.339 e. The SMILES string of the molecule is CC(CN1CCN2CCN(C#N)C[C@@H]2C1=O)c1ccccc1. The molecule has 5 nitrogen and oxygen atoms in total. The number of carbonyl (C=O) groups excluding carboxylic acids is 1. The van der Waals surface area contributed by atoms with E-state index in [0.717, 1.165) is 32.7 Å². The summed E-state index contributed by atoms with van der Waals surface area (Å²) in [6.45, 7) is 6.70. The van der Waals surface area contributed by atoms with Crippen LogP contribution in [0.1, 0.15) is 18.4 Å². The molecule has 0 radical (unpaired) electrons. The molecular formula is C17H22N4O. The fourth-order valence-corrected chi connectivity index (χ4v) is 3.38. The van der Waals surface area contributed by atoms with E-state index in [1.807, 2.05) is 23.1 Å². The number of amides is 1. The van der Waals surface area contributed by atoms with Gasteiger partial charge in [-0.3, -0.25) is 9.69 Å². The summed E-state index contributed by atoms with van der Waals surface area (Å²) < 4.78 is 0. The van der Waals surface area contributed by atoms with Crippen molar-refractivity contribution in [1.29, 1.82) is 5.26 Å². The second-order valence-corrected chi connectivity index (χ2v) is 6.19. The lowest BCUT2D eigenvalue weighted by atomic mass is 9.99. The van der Waals surface area contributed by atoms with E-state index in [0.29, 0.717) is 12.5 Å². The Morgan fingerprint density at radius 1 is 1.23 bits per heavy atom. The average Bonchev–Trinajstić information content (AvgIpc) is 2.58. The molecule has 0 N–H and O–H groups in total. The van der Waals surface area contributed by atoms with Crippen LogP contribution >= 0.6 is 0 Å². The number of nitriles is 1. The lowest BCUT2D eigenvalue weighted by molar-refractivity contribution is -0.144. The number of benzene rings is 1. The van der Waals surface area contributed by atoms with Gasteiger partial charge < -0.3 is 9.80 Å². The van der Waals surface area contributed by atoms with Gasteiger partial charge in [-0.1, -0.05) is 37.3 Å². The van der Waals surface area contributed by atoms with Crippen molar-refractivity contribution in [2.24, 2.45) is 0 Å². The summed E-state index contributed by atoms with van der Waals surface area (Å²) in [7, 11) is 0. The number of rotatable bonds is 3. The molecule has 116 valence electrons. The summed E-state index contributed by atoms with van der Waals surface area (Å²) in [4.78, 5) is 18.6. The third-order valence-electron chi connectivity index (χ3n) is 4.75. The predicted molar refractivity (Wildman–Crippen MR) is 84.0 cm³/mol. The van der Waals surface area contributed by atoms with E-state index in [1.54, 1.807) is 4.90 Å². The van der Waals surface area contributed by atoms with Crippen LogP contribution < -0.4 is 0 Å². The summed E-state index contributed by atoms with van der Waals surface area (Å²) in [6.07, 6.45) is 2.17. The molecule has 2 saturated heterocycles. The Morgan fingerprint density at radius 3 is 2.68 bits per heavy atom. The Labute approximate surface area is 131 Å². The largest absolute Gasteiger partial charge is 0.339 e. The van der Waals surface area contributed by atoms with Crippen LogP contribution in [0.4, 0.5) is 0 Å². The van der Waals surface area contributed by atoms with Gasteiger partial charge in [-0.15, -0.1) is 0 Å². The molecule has 5 heteroatoms. The van der Waals surface area contributed by atoms with Gasteiger partial charge in [0.05, 0.1) is 6.54 Å². The van der Waals surface area contributed by atoms with Crippen molar-refractivity contribution in [2.45, 2.75) is 18.9 Å². The zero-order valence-electron chi connectivity index (χ0n) is 13.0. The first-order valence-corrected chi connectivity index (χ1v) is 7.91. The van der Waals surface area contributed by atoms with Crippen molar-refractivity contribution in [3.63, 3.8) is 0 Å². The number of piperazine rings is 2. The molecule has 1 aromatic rings. The molecule has 0 aromatic heterocycles. The van der Waals surface area contributed by atoms with Gasteiger partial charge in [-0.25, -0.2) is 0 Å². The Kier molecular flexibility index (Phi) is 4.30. The van der Waals surface area contributed by atoms with E-state index >= 15 is 0 Å². The lowest BCUT2D eigenvalue weighted by Crippen LogP contribution is -2.64. The zero-order chi connectivity index (χ0) is 15.5. The van der Waals surface area contributed by atoms with Crippen molar-refractivity contribution >= 4 is 5.91 Å². The molecule has 1 amide bonds. The van der Waals surface area contributed by atoms with Gasteiger partial charge >= 0.3 is 0 Å². The van der Waals surface area contributed by atoms with Crippen LogP contribution in [0.25, 0.3) is 0 Å². The van der Waals surface area contributed by atoms with Gasteiger partial charge in [0.2, 0.25) is 5.91 Å². The van der Waals surface area contributed by atoms with Crippen molar-refractivity contribution in [2.75, 3.05) is 39.3 Å². The lowest BCUT2D eigenvalue weighted by Gasteiger charge is -2.45. The fourth-order valence-electron chi connectivity index (χ4n) is 3.38. The fraction of sp³-hybridized carbons (Fsp3) is 0.529. The number of hydrogen-bond donors (Lipinski definition) is 0. The minimum atomic E-state index is -0.148. The highest BCUT2D eigenvalue weighted by Crippen LogP contribution is 2.21. The predicted octanol–water partition coefficient (Wildman–Crippen LogP) is 1.10. The normalized spacial score (nSPS) is 23.8. The molecule has 0 aliphatic carbocycles. The summed E-state index contributed by atoms with van der Waals surface area (Å²) in [5.74, 6) is 0.501. The van der Waals surface area contributed by atoms with Crippen molar-refractivity contribution in [3.05, 3.63) is 35.9 Å². The van der Waals surface area contributed by atoms with E-state index in [4.69, 9.17) is 5.26 Å². The Hall–Kier alpha value is -2.06. The summed E-state index contributed by atoms with van der Waals surface area (Å²) >= 11 is 0. The molecular weight excluding hydrogens is 276 g/mol. The maximum absolute atomic E-state index is 12.7. The van der Waals surface area contributed by atoms with Crippen molar-refractivity contribution in [1.82, 2.24) is 14.7 Å². The number of fused-ring (bicyclic) bond motifs is 1. The van der Waals surface area contributed by atoms with Gasteiger partial charge in [-0.05, 0) is 11.5 Å². The van der Waals surface area contributed by atoms with E-state index in [2.05, 4.69) is 30.1 Å². The van der Waals surface area contributed by atoms with E-state index < -0.39 is 0 Å². The highest BCUT2D eigenvalue weighted by Gasteiger charge is 2.38. The monoisotopic (exact) mass is 298 g/mol. The third kappa shape index (κ3) is 2.93. The molecule has 2 atom stereocenters. The topological polar surface area (TPSA) is 50.6 Å². The average molecular weight is 298 g/mol. The molecule has 2 aliphatic heterocycles. The standard InChI is InChI=1S/C17H22N4O/c1-14(15-5-3-2-4-6-15)11-21-10-9-20-8-7-19(13-18)12-16(20)17(21)22/h2-6,14,16H,7-12H2,1H3/t14?,16-/m1/s1. The molecule has 0 spiro atoms. The maximum Gasteiger partial charge on any atom is 0.241 e. The molecule has 3 rings (SSSR count). The van der Waals surface area contributed by atoms with Crippen molar-refractivity contribution in [3.8, 4) is 6.19 Å². The maximum atomic E-state index is 12.7. The van der Waals surface area contributed by atoms with Crippen LogP contribution in [0.15, 0.2) is 30.3 Å². The highest BCUT2D eigenvalue weighted by atomic mass is 16.2. The summed E-state index contributed by atoms with van der Waals surface area (Å²) in [5, 5.41) is 9.06. The Balaban J connectivity index is 1.66. The molecule has 2 fully saturated rings. The van der Waals surface area contributed by atoms with Crippen LogP contribution in [0.5, 0.6) is 0 Å². The third-order valence-corrected chi connectivity index (χ3v) is 4.75. The first-order chi connectivity index (χ1) is 10.7. The van der Waals surface area contributed by atoms with E-state index in [-0.39, 0.29) is 11.9 Å². The second-order valence-electron chi connectivity index (χ2n) is 6.19. The van der Waals surface area contributed by atoms with Crippen LogP contribution in [0, 0.1) is 11.5 Å². The van der Waals surface area contributed by atoms with Crippen LogP contribution in [-0.4, -0.2) is 65.9 Å². The zero-order valence-corrected chi connectivity index (χ0v) is 13.0. The van der Waals surface area contributed by atoms with Gasteiger partial charge in [0.15, 0.2) is 6.19 Å². The van der Waals surface area contributed by atoms with Gasteiger partial charge in [0.25, 0.3) is 0 Å². The van der Waals surface area contributed by atoms with E-state index in [9.17, 15) is 4.79 Å². The molecule has 1 aromatic carbocycles. The smallest absolute Gasteiger partial charge is 0.241 e. The molecule has 2 aliphatic rings. The molecule has 22 heavy (non-hydrogen) atoms. The first-order valence-electron chi connectivity index (χ1n) is 7.91. The molecule has 0 saturated carbocycles. The number of hydrogen-bond acceptors (Lipinski definition) is 4. The highest BCUT2D eigenvalue weighted by molar-refractivity contribution is 5.83. The van der Waals surface area contributed by atoms with Gasteiger partial charge in [0, 0.05) is 32.7 Å². The van der Waals surface area contributed by atoms with Gasteiger partial charge in [0.1, 0.15) is 6.04 Å². The summed E-state index contributed by atoms with van der Waals surface area (Å²) in [5.41, 5.74) is 1.26. The molecule has 0 bridgehead atoms. The number of carbonyl (C=O) groups is 1. The number of nitrogens with zero attached hydrogens (tertiary/aromatic N) is 4. The minimum absolute atomic E-state index is 0.148. The van der Waals surface area contributed by atoms with Gasteiger partial charge in [-0.2, -0.15) is 5.26 Å². The van der Waals surface area contributed by atoms with Crippen LogP contribution in [0.3, 0.4) is 0 Å². The second kappa shape index (κ2) is 6.37. The molecule has 2 heterocycles. The van der Waals surface area contributed by atoms with Crippen LogP contribution in [0.2, 0.25) is 0 Å². The van der Waals surface area contributed by atoms with Crippen LogP contribution in [-0.2, 0) is 4.79 Å². The van der Waals surface area contributed by atoms with Crippen molar-refractivity contribution < 1.29 is 4.79 Å². The van der Waals surface area contributed by atoms with E-state index in [1.165, 1.54) is 5.56 Å².